The number of nitrogens with zero attached hydrogens (tertiary/aromatic N) is 2. The quantitative estimate of drug-likeness (QED) is 0.902. The molecule has 6 nitrogen and oxygen atoms in total. The van der Waals surface area contributed by atoms with E-state index in [0.29, 0.717) is 5.25 Å². The summed E-state index contributed by atoms with van der Waals surface area (Å²) in [5.74, 6) is -0.415. The van der Waals surface area contributed by atoms with Crippen LogP contribution in [-0.2, 0) is 0 Å². The number of carbonyl (C=O) groups excluding carboxylic acids is 1. The number of carbonyl (C=O) groups is 1. The summed E-state index contributed by atoms with van der Waals surface area (Å²) >= 11 is 1.82. The van der Waals surface area contributed by atoms with Gasteiger partial charge in [0.25, 0.3) is 5.91 Å². The number of hydrogen-bond donors (Lipinski definition) is 2. The van der Waals surface area contributed by atoms with Crippen LogP contribution in [0.25, 0.3) is 0 Å². The van der Waals surface area contributed by atoms with Gasteiger partial charge in [-0.1, -0.05) is 25.0 Å². The van der Waals surface area contributed by atoms with Crippen molar-refractivity contribution in [2.24, 2.45) is 0 Å². The molecular formula is C14H16N4O2S. The summed E-state index contributed by atoms with van der Waals surface area (Å²) in [5, 5.41) is 10.4. The number of aromatic nitrogens is 2. The maximum Gasteiger partial charge on any atom is 0.281 e. The third kappa shape index (κ3) is 3.18. The van der Waals surface area contributed by atoms with Crippen molar-refractivity contribution in [2.75, 3.05) is 11.1 Å². The van der Waals surface area contributed by atoms with E-state index in [4.69, 9.17) is 5.73 Å². The molecular weight excluding hydrogens is 288 g/mol. The Morgan fingerprint density at radius 2 is 2.05 bits per heavy atom. The van der Waals surface area contributed by atoms with E-state index in [-0.39, 0.29) is 11.5 Å². The van der Waals surface area contributed by atoms with E-state index >= 15 is 0 Å². The van der Waals surface area contributed by atoms with E-state index in [9.17, 15) is 4.79 Å². The van der Waals surface area contributed by atoms with Gasteiger partial charge in [0.2, 0.25) is 11.5 Å². The molecule has 1 aromatic heterocycles. The van der Waals surface area contributed by atoms with Gasteiger partial charge in [0.15, 0.2) is 0 Å². The van der Waals surface area contributed by atoms with Crippen LogP contribution in [0.5, 0.6) is 0 Å². The van der Waals surface area contributed by atoms with Crippen molar-refractivity contribution in [3.63, 3.8) is 0 Å². The Morgan fingerprint density at radius 3 is 2.76 bits per heavy atom. The van der Waals surface area contributed by atoms with Crippen molar-refractivity contribution < 1.29 is 9.42 Å². The molecule has 0 saturated heterocycles. The number of nitrogen functional groups attached to an aromatic ring is 1. The number of thioether (sulfide) groups is 1. The highest BCUT2D eigenvalue weighted by molar-refractivity contribution is 8.00. The van der Waals surface area contributed by atoms with Crippen LogP contribution >= 0.6 is 11.8 Å². The van der Waals surface area contributed by atoms with Crippen LogP contribution in [0.2, 0.25) is 0 Å². The lowest BCUT2D eigenvalue weighted by Crippen LogP contribution is -2.15. The molecule has 1 aliphatic rings. The van der Waals surface area contributed by atoms with Crippen molar-refractivity contribution in [1.82, 2.24) is 10.3 Å². The zero-order valence-corrected chi connectivity index (χ0v) is 12.2. The highest BCUT2D eigenvalue weighted by Gasteiger charge is 2.20. The van der Waals surface area contributed by atoms with Crippen LogP contribution in [0.4, 0.5) is 11.5 Å². The summed E-state index contributed by atoms with van der Waals surface area (Å²) in [6.45, 7) is 0. The van der Waals surface area contributed by atoms with Crippen molar-refractivity contribution >= 4 is 29.2 Å². The van der Waals surface area contributed by atoms with Crippen LogP contribution in [0.3, 0.4) is 0 Å². The lowest BCUT2D eigenvalue weighted by molar-refractivity contribution is 0.101. The minimum absolute atomic E-state index is 0.00609. The SMILES string of the molecule is Nc1nonc1C(=O)Nc1ccccc1SC1CCCC1. The van der Waals surface area contributed by atoms with Crippen LogP contribution < -0.4 is 11.1 Å². The van der Waals surface area contributed by atoms with Gasteiger partial charge in [0.05, 0.1) is 5.69 Å². The molecule has 21 heavy (non-hydrogen) atoms. The Morgan fingerprint density at radius 1 is 1.29 bits per heavy atom. The highest BCUT2D eigenvalue weighted by Crippen LogP contribution is 2.38. The number of hydrogen-bond acceptors (Lipinski definition) is 6. The number of amides is 1. The molecule has 1 saturated carbocycles. The number of rotatable bonds is 4. The number of nitrogens with two attached hydrogens (primary N) is 1. The van der Waals surface area contributed by atoms with Gasteiger partial charge in [-0.15, -0.1) is 11.8 Å². The van der Waals surface area contributed by atoms with E-state index in [0.717, 1.165) is 10.6 Å². The van der Waals surface area contributed by atoms with Crippen molar-refractivity contribution in [1.29, 1.82) is 0 Å². The van der Waals surface area contributed by atoms with E-state index < -0.39 is 5.91 Å². The third-order valence-corrected chi connectivity index (χ3v) is 4.87. The van der Waals surface area contributed by atoms with Gasteiger partial charge in [-0.05, 0) is 35.3 Å². The van der Waals surface area contributed by atoms with E-state index in [1.54, 1.807) is 0 Å². The summed E-state index contributed by atoms with van der Waals surface area (Å²) in [6.07, 6.45) is 5.03. The Bertz CT molecular complexity index is 637. The zero-order chi connectivity index (χ0) is 14.7. The molecule has 0 radical (unpaired) electrons. The minimum Gasteiger partial charge on any atom is -0.379 e. The Hall–Kier alpha value is -2.02. The Kier molecular flexibility index (Phi) is 4.10. The summed E-state index contributed by atoms with van der Waals surface area (Å²) in [7, 11) is 0. The molecule has 0 bridgehead atoms. The predicted octanol–water partition coefficient (Wildman–Crippen LogP) is 2.94. The third-order valence-electron chi connectivity index (χ3n) is 3.46. The van der Waals surface area contributed by atoms with Gasteiger partial charge in [0, 0.05) is 10.1 Å². The lowest BCUT2D eigenvalue weighted by Gasteiger charge is -2.13. The van der Waals surface area contributed by atoms with Crippen LogP contribution in [0.15, 0.2) is 33.8 Å². The molecule has 0 atom stereocenters. The molecule has 1 aromatic carbocycles. The van der Waals surface area contributed by atoms with Gasteiger partial charge in [-0.2, -0.15) is 0 Å². The molecule has 1 fully saturated rings. The highest BCUT2D eigenvalue weighted by atomic mass is 32.2. The smallest absolute Gasteiger partial charge is 0.281 e. The molecule has 3 rings (SSSR count). The van der Waals surface area contributed by atoms with Gasteiger partial charge >= 0.3 is 0 Å². The van der Waals surface area contributed by atoms with Crippen molar-refractivity contribution in [2.45, 2.75) is 35.8 Å². The average molecular weight is 304 g/mol. The molecule has 7 heteroatoms. The van der Waals surface area contributed by atoms with Crippen LogP contribution in [0, 0.1) is 0 Å². The molecule has 1 heterocycles. The summed E-state index contributed by atoms with van der Waals surface area (Å²) in [6, 6.07) is 7.75. The van der Waals surface area contributed by atoms with Gasteiger partial charge in [-0.3, -0.25) is 4.79 Å². The summed E-state index contributed by atoms with van der Waals surface area (Å²) in [5.41, 5.74) is 6.31. The first kappa shape index (κ1) is 13.9. The molecule has 110 valence electrons. The molecule has 1 aliphatic carbocycles. The van der Waals surface area contributed by atoms with Crippen LogP contribution in [0.1, 0.15) is 36.2 Å². The fraction of sp³-hybridized carbons (Fsp3) is 0.357. The number of anilines is 2. The van der Waals surface area contributed by atoms with Gasteiger partial charge in [-0.25, -0.2) is 4.63 Å². The second-order valence-corrected chi connectivity index (χ2v) is 6.31. The molecule has 3 N–H and O–H groups in total. The standard InChI is InChI=1S/C14H16N4O2S/c15-13-12(17-20-18-13)14(19)16-10-7-3-4-8-11(10)21-9-5-1-2-6-9/h3-4,7-9H,1-2,5-6H2,(H2,15,18)(H,16,19). The summed E-state index contributed by atoms with van der Waals surface area (Å²) in [4.78, 5) is 13.2. The van der Waals surface area contributed by atoms with Gasteiger partial charge in [0.1, 0.15) is 0 Å². The monoisotopic (exact) mass is 304 g/mol. The summed E-state index contributed by atoms with van der Waals surface area (Å²) < 4.78 is 4.45. The fourth-order valence-corrected chi connectivity index (χ4v) is 3.72. The Labute approximate surface area is 126 Å². The minimum atomic E-state index is -0.409. The largest absolute Gasteiger partial charge is 0.379 e. The van der Waals surface area contributed by atoms with E-state index in [1.165, 1.54) is 25.7 Å². The zero-order valence-electron chi connectivity index (χ0n) is 11.4. The maximum absolute atomic E-state index is 12.1. The van der Waals surface area contributed by atoms with Gasteiger partial charge < -0.3 is 11.1 Å². The molecule has 0 unspecified atom stereocenters. The first-order chi connectivity index (χ1) is 10.2. The van der Waals surface area contributed by atoms with E-state index in [2.05, 4.69) is 20.3 Å². The normalized spacial score (nSPS) is 15.2. The average Bonchev–Trinajstić information content (AvgIpc) is 3.12. The van der Waals surface area contributed by atoms with E-state index in [1.807, 2.05) is 36.0 Å². The van der Waals surface area contributed by atoms with Crippen molar-refractivity contribution in [3.05, 3.63) is 30.0 Å². The Balaban J connectivity index is 1.75. The number of nitrogens with one attached hydrogen (secondary N) is 1. The second-order valence-electron chi connectivity index (χ2n) is 4.97. The molecule has 1 amide bonds. The molecule has 0 spiro atoms. The first-order valence-corrected chi connectivity index (χ1v) is 7.77. The first-order valence-electron chi connectivity index (χ1n) is 6.89. The topological polar surface area (TPSA) is 94.0 Å². The second kappa shape index (κ2) is 6.17. The maximum atomic E-state index is 12.1. The van der Waals surface area contributed by atoms with Crippen molar-refractivity contribution in [3.8, 4) is 0 Å². The number of para-hydroxylation sites is 1. The predicted molar refractivity (Wildman–Crippen MR) is 81.2 cm³/mol. The fourth-order valence-electron chi connectivity index (χ4n) is 2.39. The number of benzene rings is 1. The lowest BCUT2D eigenvalue weighted by atomic mass is 10.3. The van der Waals surface area contributed by atoms with Crippen LogP contribution in [-0.4, -0.2) is 21.5 Å². The molecule has 2 aromatic rings. The molecule has 0 aliphatic heterocycles.